The molecule has 1 rings (SSSR count). The molecule has 0 bridgehead atoms. The molecular weight excluding hydrogens is 274 g/mol. The average molecular weight is 287 g/mol. The lowest BCUT2D eigenvalue weighted by Gasteiger charge is -2.07. The number of aromatic carboxylic acids is 2. The maximum atomic E-state index is 11.1. The maximum absolute atomic E-state index is 11.1. The van der Waals surface area contributed by atoms with Crippen LogP contribution in [0.4, 0.5) is 5.69 Å². The van der Waals surface area contributed by atoms with Crippen LogP contribution < -0.4 is 0 Å². The van der Waals surface area contributed by atoms with Crippen molar-refractivity contribution < 1.29 is 29.5 Å². The van der Waals surface area contributed by atoms with Crippen LogP contribution in [0.1, 0.15) is 34.8 Å². The van der Waals surface area contributed by atoms with Crippen LogP contribution in [0.15, 0.2) is 0 Å². The third-order valence-electron chi connectivity index (χ3n) is 2.27. The molecule has 20 heavy (non-hydrogen) atoms. The highest BCUT2D eigenvalue weighted by molar-refractivity contribution is 5.98. The number of hydrogen-bond acceptors (Lipinski definition) is 6. The quantitative estimate of drug-likeness (QED) is 0.548. The molecule has 0 aromatic carbocycles. The summed E-state index contributed by atoms with van der Waals surface area (Å²) in [6.45, 7) is 3.46. The van der Waals surface area contributed by atoms with E-state index in [1.54, 1.807) is 13.8 Å². The third-order valence-corrected chi connectivity index (χ3v) is 2.27. The highest BCUT2D eigenvalue weighted by Crippen LogP contribution is 2.23. The second kappa shape index (κ2) is 6.10. The summed E-state index contributed by atoms with van der Waals surface area (Å²) in [6.07, 6.45) is -0.118. The van der Waals surface area contributed by atoms with Crippen LogP contribution in [0.5, 0.6) is 0 Å². The monoisotopic (exact) mass is 287 g/mol. The number of carboxylic acid groups (broad SMARTS) is 2. The van der Waals surface area contributed by atoms with Crippen molar-refractivity contribution in [1.29, 1.82) is 0 Å². The number of nitro groups is 1. The van der Waals surface area contributed by atoms with Gasteiger partial charge in [0.2, 0.25) is 11.4 Å². The molecule has 1 heterocycles. The molecule has 0 aliphatic carbocycles. The Morgan fingerprint density at radius 2 is 2.00 bits per heavy atom. The smallest absolute Gasteiger partial charge is 0.363 e. The van der Waals surface area contributed by atoms with Gasteiger partial charge in [-0.15, -0.1) is 0 Å². The summed E-state index contributed by atoms with van der Waals surface area (Å²) in [4.78, 5) is 31.7. The number of rotatable bonds is 7. The van der Waals surface area contributed by atoms with Crippen molar-refractivity contribution in [3.63, 3.8) is 0 Å². The molecule has 0 amide bonds. The predicted molar refractivity (Wildman–Crippen MR) is 63.9 cm³/mol. The fourth-order valence-electron chi connectivity index (χ4n) is 1.52. The second-order valence-corrected chi connectivity index (χ2v) is 4.06. The molecule has 0 saturated carbocycles. The molecule has 2 N–H and O–H groups in total. The highest BCUT2D eigenvalue weighted by Gasteiger charge is 2.35. The number of ether oxygens (including phenoxy) is 1. The number of aromatic nitrogens is 2. The molecular formula is C10H13N3O7. The molecule has 0 spiro atoms. The van der Waals surface area contributed by atoms with Crippen LogP contribution in [0, 0.1) is 10.1 Å². The fourth-order valence-corrected chi connectivity index (χ4v) is 1.52. The maximum Gasteiger partial charge on any atom is 0.363 e. The molecule has 0 aliphatic rings. The van der Waals surface area contributed by atoms with Crippen molar-refractivity contribution in [2.24, 2.45) is 0 Å². The molecule has 0 saturated heterocycles. The number of hydrogen-bond donors (Lipinski definition) is 2. The van der Waals surface area contributed by atoms with E-state index in [0.717, 1.165) is 4.68 Å². The van der Waals surface area contributed by atoms with Gasteiger partial charge in [0, 0.05) is 0 Å². The zero-order chi connectivity index (χ0) is 15.4. The van der Waals surface area contributed by atoms with Crippen LogP contribution in [0.25, 0.3) is 0 Å². The number of carboxylic acids is 2. The predicted octanol–water partition coefficient (Wildman–Crippen LogP) is 0.613. The van der Waals surface area contributed by atoms with Gasteiger partial charge in [0.15, 0.2) is 0 Å². The number of nitrogens with zero attached hydrogens (tertiary/aromatic N) is 3. The van der Waals surface area contributed by atoms with Gasteiger partial charge in [0.25, 0.3) is 0 Å². The molecule has 10 heteroatoms. The number of carbonyl (C=O) groups is 2. The summed E-state index contributed by atoms with van der Waals surface area (Å²) >= 11 is 0. The van der Waals surface area contributed by atoms with Gasteiger partial charge in [0.1, 0.15) is 0 Å². The molecule has 0 radical (unpaired) electrons. The van der Waals surface area contributed by atoms with Gasteiger partial charge in [-0.3, -0.25) is 10.1 Å². The Labute approximate surface area is 112 Å². The molecule has 10 nitrogen and oxygen atoms in total. The SMILES string of the molecule is CC(C)OCCn1nc(C(=O)O)c([N+](=O)[O-])c1C(=O)O. The Morgan fingerprint density at radius 3 is 2.40 bits per heavy atom. The summed E-state index contributed by atoms with van der Waals surface area (Å²) in [5.74, 6) is -3.29. The van der Waals surface area contributed by atoms with Gasteiger partial charge >= 0.3 is 17.6 Å². The lowest BCUT2D eigenvalue weighted by molar-refractivity contribution is -0.385. The van der Waals surface area contributed by atoms with E-state index in [4.69, 9.17) is 14.9 Å². The summed E-state index contributed by atoms with van der Waals surface area (Å²) in [5, 5.41) is 32.1. The van der Waals surface area contributed by atoms with Crippen LogP contribution in [0.2, 0.25) is 0 Å². The van der Waals surface area contributed by atoms with Gasteiger partial charge < -0.3 is 14.9 Å². The van der Waals surface area contributed by atoms with Crippen molar-refractivity contribution in [2.75, 3.05) is 6.61 Å². The van der Waals surface area contributed by atoms with Crippen LogP contribution in [-0.2, 0) is 11.3 Å². The van der Waals surface area contributed by atoms with Crippen molar-refractivity contribution in [3.8, 4) is 0 Å². The second-order valence-electron chi connectivity index (χ2n) is 4.06. The first kappa shape index (κ1) is 15.6. The lowest BCUT2D eigenvalue weighted by Crippen LogP contribution is -2.16. The zero-order valence-electron chi connectivity index (χ0n) is 10.8. The van der Waals surface area contributed by atoms with Crippen molar-refractivity contribution in [3.05, 3.63) is 21.5 Å². The third kappa shape index (κ3) is 3.29. The van der Waals surface area contributed by atoms with E-state index in [-0.39, 0.29) is 19.3 Å². The Kier molecular flexibility index (Phi) is 4.75. The molecule has 110 valence electrons. The van der Waals surface area contributed by atoms with E-state index in [1.807, 2.05) is 0 Å². The minimum Gasteiger partial charge on any atom is -0.476 e. The van der Waals surface area contributed by atoms with E-state index in [9.17, 15) is 19.7 Å². The normalized spacial score (nSPS) is 10.8. The van der Waals surface area contributed by atoms with Gasteiger partial charge in [-0.05, 0) is 13.8 Å². The Balaban J connectivity index is 3.23. The summed E-state index contributed by atoms with van der Waals surface area (Å²) < 4.78 is 5.94. The van der Waals surface area contributed by atoms with Crippen LogP contribution in [-0.4, -0.2) is 49.6 Å². The van der Waals surface area contributed by atoms with E-state index >= 15 is 0 Å². The first-order valence-electron chi connectivity index (χ1n) is 5.59. The molecule has 0 aliphatic heterocycles. The van der Waals surface area contributed by atoms with Gasteiger partial charge in [-0.25, -0.2) is 14.3 Å². The van der Waals surface area contributed by atoms with Gasteiger partial charge in [0.05, 0.1) is 24.2 Å². The van der Waals surface area contributed by atoms with Crippen molar-refractivity contribution >= 4 is 17.6 Å². The minimum absolute atomic E-state index is 0.0514. The molecule has 0 fully saturated rings. The molecule has 1 aromatic rings. The van der Waals surface area contributed by atoms with E-state index in [2.05, 4.69) is 5.10 Å². The van der Waals surface area contributed by atoms with Crippen LogP contribution in [0.3, 0.4) is 0 Å². The average Bonchev–Trinajstić information content (AvgIpc) is 2.68. The molecule has 1 aromatic heterocycles. The lowest BCUT2D eigenvalue weighted by atomic mass is 10.3. The molecule has 0 atom stereocenters. The van der Waals surface area contributed by atoms with E-state index in [0.29, 0.717) is 0 Å². The summed E-state index contributed by atoms with van der Waals surface area (Å²) in [6, 6.07) is 0. The van der Waals surface area contributed by atoms with Gasteiger partial charge in [-0.1, -0.05) is 0 Å². The van der Waals surface area contributed by atoms with Gasteiger partial charge in [-0.2, -0.15) is 5.10 Å². The minimum atomic E-state index is -1.66. The highest BCUT2D eigenvalue weighted by atomic mass is 16.6. The Hall–Kier alpha value is -2.49. The van der Waals surface area contributed by atoms with E-state index in [1.165, 1.54) is 0 Å². The van der Waals surface area contributed by atoms with Crippen molar-refractivity contribution in [1.82, 2.24) is 9.78 Å². The topological polar surface area (TPSA) is 145 Å². The largest absolute Gasteiger partial charge is 0.476 e. The molecule has 0 unspecified atom stereocenters. The van der Waals surface area contributed by atoms with E-state index < -0.39 is 33.9 Å². The summed E-state index contributed by atoms with van der Waals surface area (Å²) in [5.41, 5.74) is -2.72. The van der Waals surface area contributed by atoms with Crippen LogP contribution >= 0.6 is 0 Å². The first-order chi connectivity index (χ1) is 9.25. The Bertz CT molecular complexity index is 549. The standard InChI is InChI=1S/C10H13N3O7/c1-5(2)20-4-3-12-8(10(16)17)7(13(18)19)6(11-12)9(14)15/h5H,3-4H2,1-2H3,(H,14,15)(H,16,17). The fraction of sp³-hybridized carbons (Fsp3) is 0.500. The summed E-state index contributed by atoms with van der Waals surface area (Å²) in [7, 11) is 0. The zero-order valence-corrected chi connectivity index (χ0v) is 10.8. The Morgan fingerprint density at radius 1 is 1.40 bits per heavy atom. The first-order valence-corrected chi connectivity index (χ1v) is 5.59. The van der Waals surface area contributed by atoms with Crippen molar-refractivity contribution in [2.45, 2.75) is 26.5 Å².